The van der Waals surface area contributed by atoms with Crippen LogP contribution in [0.15, 0.2) is 47.3 Å². The summed E-state index contributed by atoms with van der Waals surface area (Å²) < 4.78 is 7.24. The Labute approximate surface area is 132 Å². The van der Waals surface area contributed by atoms with E-state index in [4.69, 9.17) is 4.42 Å². The highest BCUT2D eigenvalue weighted by Gasteiger charge is 2.19. The molecule has 0 aliphatic carbocycles. The lowest BCUT2D eigenvalue weighted by Crippen LogP contribution is -2.02. The molecule has 0 N–H and O–H groups in total. The smallest absolute Gasteiger partial charge is 0.185 e. The number of nitrogens with zero attached hydrogens (tertiary/aromatic N) is 5. The molecule has 6 heteroatoms. The molecule has 0 aliphatic heterocycles. The molecule has 0 saturated heterocycles. The molecule has 0 fully saturated rings. The van der Waals surface area contributed by atoms with Gasteiger partial charge < -0.3 is 4.42 Å². The van der Waals surface area contributed by atoms with Crippen LogP contribution < -0.4 is 0 Å². The van der Waals surface area contributed by atoms with Crippen molar-refractivity contribution in [2.45, 2.75) is 20.3 Å². The van der Waals surface area contributed by atoms with E-state index < -0.39 is 0 Å². The first kappa shape index (κ1) is 13.6. The summed E-state index contributed by atoms with van der Waals surface area (Å²) in [5, 5.41) is 5.60. The largest absolute Gasteiger partial charge is 0.448 e. The number of pyridine rings is 1. The number of rotatable bonds is 3. The Morgan fingerprint density at radius 2 is 2.00 bits per heavy atom. The van der Waals surface area contributed by atoms with Gasteiger partial charge in [0.05, 0.1) is 11.2 Å². The average molecular weight is 305 g/mol. The van der Waals surface area contributed by atoms with E-state index >= 15 is 0 Å². The van der Waals surface area contributed by atoms with Crippen molar-refractivity contribution in [1.29, 1.82) is 0 Å². The summed E-state index contributed by atoms with van der Waals surface area (Å²) in [6.45, 7) is 3.89. The first-order chi connectivity index (χ1) is 11.3. The Balaban J connectivity index is 2.00. The Hall–Kier alpha value is -3.02. The summed E-state index contributed by atoms with van der Waals surface area (Å²) in [5.41, 5.74) is 2.48. The lowest BCUT2D eigenvalue weighted by molar-refractivity contribution is 0.510. The van der Waals surface area contributed by atoms with Gasteiger partial charge in [-0.25, -0.2) is 14.6 Å². The fraction of sp³-hybridized carbons (Fsp3) is 0.176. The molecule has 4 aromatic rings. The number of aromatic nitrogens is 5. The fourth-order valence-corrected chi connectivity index (χ4v) is 2.70. The maximum absolute atomic E-state index is 5.45. The van der Waals surface area contributed by atoms with Gasteiger partial charge in [-0.1, -0.05) is 25.1 Å². The lowest BCUT2D eigenvalue weighted by Gasteiger charge is -2.07. The zero-order valence-corrected chi connectivity index (χ0v) is 12.9. The van der Waals surface area contributed by atoms with E-state index in [1.165, 1.54) is 6.39 Å². The van der Waals surface area contributed by atoms with E-state index in [9.17, 15) is 0 Å². The molecule has 1 aromatic carbocycles. The second kappa shape index (κ2) is 5.31. The minimum absolute atomic E-state index is 0.672. The van der Waals surface area contributed by atoms with E-state index in [1.807, 2.05) is 44.2 Å². The normalized spacial score (nSPS) is 11.2. The fourth-order valence-electron chi connectivity index (χ4n) is 2.70. The molecule has 23 heavy (non-hydrogen) atoms. The number of fused-ring (bicyclic) bond motifs is 1. The van der Waals surface area contributed by atoms with Gasteiger partial charge in [0.25, 0.3) is 0 Å². The lowest BCUT2D eigenvalue weighted by atomic mass is 10.2. The third-order valence-corrected chi connectivity index (χ3v) is 3.73. The topological polar surface area (TPSA) is 69.6 Å². The number of hydrogen-bond donors (Lipinski definition) is 0. The monoisotopic (exact) mass is 305 g/mol. The van der Waals surface area contributed by atoms with Crippen molar-refractivity contribution in [3.63, 3.8) is 0 Å². The molecule has 0 aliphatic rings. The highest BCUT2D eigenvalue weighted by atomic mass is 16.3. The molecule has 0 spiro atoms. The second-order valence-electron chi connectivity index (χ2n) is 5.22. The quantitative estimate of drug-likeness (QED) is 0.580. The SMILES string of the molecule is CCc1ocnc1-c1nc(C)nn1-c1cccc2cccnc12. The van der Waals surface area contributed by atoms with Crippen molar-refractivity contribution < 1.29 is 4.42 Å². The predicted molar refractivity (Wildman–Crippen MR) is 86.3 cm³/mol. The van der Waals surface area contributed by atoms with Gasteiger partial charge in [-0.3, -0.25) is 4.98 Å². The zero-order valence-electron chi connectivity index (χ0n) is 12.9. The summed E-state index contributed by atoms with van der Waals surface area (Å²) in [6, 6.07) is 9.96. The second-order valence-corrected chi connectivity index (χ2v) is 5.22. The van der Waals surface area contributed by atoms with Gasteiger partial charge in [0.2, 0.25) is 0 Å². The van der Waals surface area contributed by atoms with E-state index in [2.05, 4.69) is 20.1 Å². The number of benzene rings is 1. The van der Waals surface area contributed by atoms with Gasteiger partial charge >= 0.3 is 0 Å². The van der Waals surface area contributed by atoms with Crippen molar-refractivity contribution in [2.24, 2.45) is 0 Å². The Morgan fingerprint density at radius 1 is 1.13 bits per heavy atom. The van der Waals surface area contributed by atoms with Crippen LogP contribution in [0.2, 0.25) is 0 Å². The van der Waals surface area contributed by atoms with Crippen LogP contribution in [0.4, 0.5) is 0 Å². The third-order valence-electron chi connectivity index (χ3n) is 3.73. The maximum atomic E-state index is 5.45. The molecule has 6 nitrogen and oxygen atoms in total. The van der Waals surface area contributed by atoms with Crippen LogP contribution in [0.5, 0.6) is 0 Å². The minimum Gasteiger partial charge on any atom is -0.448 e. The Morgan fingerprint density at radius 3 is 2.87 bits per heavy atom. The van der Waals surface area contributed by atoms with Crippen LogP contribution in [-0.4, -0.2) is 24.7 Å². The number of aryl methyl sites for hydroxylation is 2. The molecule has 0 saturated carbocycles. The molecule has 3 heterocycles. The maximum Gasteiger partial charge on any atom is 0.185 e. The van der Waals surface area contributed by atoms with Crippen LogP contribution in [0, 0.1) is 6.92 Å². The van der Waals surface area contributed by atoms with Crippen molar-refractivity contribution in [2.75, 3.05) is 0 Å². The van der Waals surface area contributed by atoms with Crippen LogP contribution in [0.25, 0.3) is 28.1 Å². The number of hydrogen-bond acceptors (Lipinski definition) is 5. The number of oxazole rings is 1. The summed E-state index contributed by atoms with van der Waals surface area (Å²) in [4.78, 5) is 13.4. The van der Waals surface area contributed by atoms with Gasteiger partial charge in [0, 0.05) is 18.0 Å². The first-order valence-corrected chi connectivity index (χ1v) is 7.48. The van der Waals surface area contributed by atoms with Crippen molar-refractivity contribution in [3.05, 3.63) is 54.5 Å². The van der Waals surface area contributed by atoms with Gasteiger partial charge in [0.15, 0.2) is 12.2 Å². The van der Waals surface area contributed by atoms with Crippen LogP contribution >= 0.6 is 0 Å². The Bertz CT molecular complexity index is 980. The first-order valence-electron chi connectivity index (χ1n) is 7.48. The number of para-hydroxylation sites is 1. The predicted octanol–water partition coefficient (Wildman–Crippen LogP) is 3.34. The molecule has 0 radical (unpaired) electrons. The molecule has 3 aromatic heterocycles. The molecule has 114 valence electrons. The van der Waals surface area contributed by atoms with Gasteiger partial charge in [-0.2, -0.15) is 5.10 Å². The third kappa shape index (κ3) is 2.19. The van der Waals surface area contributed by atoms with Gasteiger partial charge in [-0.15, -0.1) is 0 Å². The van der Waals surface area contributed by atoms with E-state index in [0.29, 0.717) is 11.6 Å². The summed E-state index contributed by atoms with van der Waals surface area (Å²) in [7, 11) is 0. The molecular weight excluding hydrogens is 290 g/mol. The molecule has 0 amide bonds. The highest BCUT2D eigenvalue weighted by molar-refractivity contribution is 5.86. The zero-order chi connectivity index (χ0) is 15.8. The average Bonchev–Trinajstić information content (AvgIpc) is 3.20. The molecule has 0 atom stereocenters. The van der Waals surface area contributed by atoms with E-state index in [1.54, 1.807) is 10.9 Å². The Kier molecular flexibility index (Phi) is 3.15. The standard InChI is InChI=1S/C17H15N5O/c1-3-14-16(19-10-23-14)17-20-11(2)21-22(17)13-8-4-6-12-7-5-9-18-15(12)13/h4-10H,3H2,1-2H3. The van der Waals surface area contributed by atoms with Crippen LogP contribution in [0.3, 0.4) is 0 Å². The van der Waals surface area contributed by atoms with Crippen molar-refractivity contribution in [1.82, 2.24) is 24.7 Å². The van der Waals surface area contributed by atoms with E-state index in [0.717, 1.165) is 34.5 Å². The van der Waals surface area contributed by atoms with Crippen LogP contribution in [0.1, 0.15) is 18.5 Å². The summed E-state index contributed by atoms with van der Waals surface area (Å²) >= 11 is 0. The molecule has 0 bridgehead atoms. The van der Waals surface area contributed by atoms with Crippen LogP contribution in [-0.2, 0) is 6.42 Å². The summed E-state index contributed by atoms with van der Waals surface area (Å²) in [6.07, 6.45) is 3.97. The van der Waals surface area contributed by atoms with Gasteiger partial charge in [-0.05, 0) is 19.1 Å². The molecule has 0 unspecified atom stereocenters. The van der Waals surface area contributed by atoms with E-state index in [-0.39, 0.29) is 0 Å². The van der Waals surface area contributed by atoms with Gasteiger partial charge in [0.1, 0.15) is 17.3 Å². The minimum atomic E-state index is 0.672. The highest BCUT2D eigenvalue weighted by Crippen LogP contribution is 2.27. The summed E-state index contributed by atoms with van der Waals surface area (Å²) in [5.74, 6) is 2.15. The molecular formula is C17H15N5O. The van der Waals surface area contributed by atoms with Crippen molar-refractivity contribution in [3.8, 4) is 17.2 Å². The molecule has 4 rings (SSSR count). The van der Waals surface area contributed by atoms with Crippen molar-refractivity contribution >= 4 is 10.9 Å².